The Morgan fingerprint density at radius 3 is 2.91 bits per heavy atom. The molecule has 0 aliphatic carbocycles. The number of anilines is 1. The Labute approximate surface area is 132 Å². The summed E-state index contributed by atoms with van der Waals surface area (Å²) in [6.45, 7) is 7.42. The maximum absolute atomic E-state index is 12.1. The van der Waals surface area contributed by atoms with Crippen molar-refractivity contribution < 1.29 is 9.53 Å². The monoisotopic (exact) mass is 306 g/mol. The number of hydrogen-bond donors (Lipinski definition) is 2. The number of morpholine rings is 1. The minimum absolute atomic E-state index is 0.112. The number of hydrogen-bond acceptors (Lipinski definition) is 5. The number of ether oxygens (including phenoxy) is 1. The molecule has 0 radical (unpaired) electrons. The van der Waals surface area contributed by atoms with Gasteiger partial charge in [0, 0.05) is 25.8 Å². The van der Waals surface area contributed by atoms with Crippen LogP contribution in [0, 0.1) is 0 Å². The third-order valence-electron chi connectivity index (χ3n) is 3.89. The highest BCUT2D eigenvalue weighted by Crippen LogP contribution is 2.15. The normalized spacial score (nSPS) is 17.9. The van der Waals surface area contributed by atoms with Gasteiger partial charge in [-0.3, -0.25) is 4.79 Å². The van der Waals surface area contributed by atoms with Crippen LogP contribution in [0.4, 0.5) is 5.82 Å². The molecule has 0 aromatic carbocycles. The van der Waals surface area contributed by atoms with Gasteiger partial charge in [0.05, 0.1) is 18.8 Å². The zero-order chi connectivity index (χ0) is 16.0. The Morgan fingerprint density at radius 1 is 1.50 bits per heavy atom. The highest BCUT2D eigenvalue weighted by Gasteiger charge is 2.26. The number of rotatable bonds is 6. The fraction of sp³-hybridized carbons (Fsp3) is 0.625. The molecule has 6 nitrogen and oxygen atoms in total. The van der Waals surface area contributed by atoms with E-state index in [1.54, 1.807) is 13.1 Å². The molecule has 122 valence electrons. The Bertz CT molecular complexity index is 499. The summed E-state index contributed by atoms with van der Waals surface area (Å²) >= 11 is 0. The fourth-order valence-electron chi connectivity index (χ4n) is 2.55. The van der Waals surface area contributed by atoms with Crippen molar-refractivity contribution in [3.8, 4) is 0 Å². The first kappa shape index (κ1) is 16.7. The van der Waals surface area contributed by atoms with Crippen LogP contribution in [0.5, 0.6) is 0 Å². The molecule has 1 amide bonds. The van der Waals surface area contributed by atoms with Gasteiger partial charge in [0.15, 0.2) is 0 Å². The van der Waals surface area contributed by atoms with Gasteiger partial charge < -0.3 is 20.7 Å². The summed E-state index contributed by atoms with van der Waals surface area (Å²) < 4.78 is 5.35. The van der Waals surface area contributed by atoms with Crippen molar-refractivity contribution in [2.24, 2.45) is 5.73 Å². The second-order valence-corrected chi connectivity index (χ2v) is 5.97. The SMILES string of the molecule is CCCC(C)(N)C(=O)NCc1ccnc(N2CCOCC2)c1. The van der Waals surface area contributed by atoms with Crippen LogP contribution in [0.1, 0.15) is 32.3 Å². The van der Waals surface area contributed by atoms with Crippen molar-refractivity contribution in [1.29, 1.82) is 0 Å². The van der Waals surface area contributed by atoms with Gasteiger partial charge in [-0.05, 0) is 31.0 Å². The molecule has 1 saturated heterocycles. The molecule has 0 spiro atoms. The molecule has 1 aromatic heterocycles. The molecular formula is C16H26N4O2. The van der Waals surface area contributed by atoms with Crippen molar-refractivity contribution in [3.63, 3.8) is 0 Å². The molecule has 2 rings (SSSR count). The van der Waals surface area contributed by atoms with Gasteiger partial charge in [0.2, 0.25) is 5.91 Å². The molecular weight excluding hydrogens is 280 g/mol. The van der Waals surface area contributed by atoms with Crippen LogP contribution in [0.2, 0.25) is 0 Å². The number of carbonyl (C=O) groups excluding carboxylic acids is 1. The number of carbonyl (C=O) groups is 1. The minimum Gasteiger partial charge on any atom is -0.378 e. The van der Waals surface area contributed by atoms with Crippen molar-refractivity contribution in [2.75, 3.05) is 31.2 Å². The van der Waals surface area contributed by atoms with E-state index in [2.05, 4.69) is 15.2 Å². The quantitative estimate of drug-likeness (QED) is 0.821. The van der Waals surface area contributed by atoms with Gasteiger partial charge in [0.1, 0.15) is 5.82 Å². The summed E-state index contributed by atoms with van der Waals surface area (Å²) in [6, 6.07) is 3.93. The minimum atomic E-state index is -0.811. The highest BCUT2D eigenvalue weighted by atomic mass is 16.5. The average Bonchev–Trinajstić information content (AvgIpc) is 2.53. The van der Waals surface area contributed by atoms with E-state index in [0.717, 1.165) is 44.1 Å². The number of pyridine rings is 1. The van der Waals surface area contributed by atoms with Crippen molar-refractivity contribution in [1.82, 2.24) is 10.3 Å². The molecule has 1 aliphatic heterocycles. The van der Waals surface area contributed by atoms with Crippen molar-refractivity contribution >= 4 is 11.7 Å². The largest absolute Gasteiger partial charge is 0.378 e. The molecule has 0 bridgehead atoms. The number of amides is 1. The first-order valence-corrected chi connectivity index (χ1v) is 7.88. The van der Waals surface area contributed by atoms with E-state index >= 15 is 0 Å². The fourth-order valence-corrected chi connectivity index (χ4v) is 2.55. The van der Waals surface area contributed by atoms with E-state index in [9.17, 15) is 4.79 Å². The van der Waals surface area contributed by atoms with Crippen LogP contribution in [-0.4, -0.2) is 42.7 Å². The van der Waals surface area contributed by atoms with Gasteiger partial charge in [-0.15, -0.1) is 0 Å². The Hall–Kier alpha value is -1.66. The van der Waals surface area contributed by atoms with Crippen LogP contribution in [0.15, 0.2) is 18.3 Å². The highest BCUT2D eigenvalue weighted by molar-refractivity contribution is 5.85. The lowest BCUT2D eigenvalue weighted by atomic mass is 9.96. The summed E-state index contributed by atoms with van der Waals surface area (Å²) in [5.41, 5.74) is 6.25. The van der Waals surface area contributed by atoms with E-state index in [-0.39, 0.29) is 5.91 Å². The molecule has 22 heavy (non-hydrogen) atoms. The second kappa shape index (κ2) is 7.56. The van der Waals surface area contributed by atoms with Crippen LogP contribution < -0.4 is 16.0 Å². The standard InChI is InChI=1S/C16H26N4O2/c1-3-5-16(2,17)15(21)19-12-13-4-6-18-14(11-13)20-7-9-22-10-8-20/h4,6,11H,3,5,7-10,12,17H2,1-2H3,(H,19,21). The van der Waals surface area contributed by atoms with E-state index in [4.69, 9.17) is 10.5 Å². The topological polar surface area (TPSA) is 80.5 Å². The Balaban J connectivity index is 1.94. The molecule has 1 aliphatic rings. The van der Waals surface area contributed by atoms with Gasteiger partial charge in [-0.25, -0.2) is 4.98 Å². The predicted octanol–water partition coefficient (Wildman–Crippen LogP) is 1.05. The van der Waals surface area contributed by atoms with E-state index in [1.165, 1.54) is 0 Å². The predicted molar refractivity (Wildman–Crippen MR) is 86.6 cm³/mol. The molecule has 1 atom stereocenters. The summed E-state index contributed by atoms with van der Waals surface area (Å²) in [6.07, 6.45) is 3.34. The Morgan fingerprint density at radius 2 is 2.23 bits per heavy atom. The maximum Gasteiger partial charge on any atom is 0.240 e. The maximum atomic E-state index is 12.1. The van der Waals surface area contributed by atoms with Crippen molar-refractivity contribution in [3.05, 3.63) is 23.9 Å². The molecule has 6 heteroatoms. The molecule has 1 fully saturated rings. The van der Waals surface area contributed by atoms with Crippen LogP contribution >= 0.6 is 0 Å². The van der Waals surface area contributed by atoms with Gasteiger partial charge >= 0.3 is 0 Å². The number of nitrogens with zero attached hydrogens (tertiary/aromatic N) is 2. The molecule has 3 N–H and O–H groups in total. The van der Waals surface area contributed by atoms with Crippen LogP contribution in [0.3, 0.4) is 0 Å². The zero-order valence-electron chi connectivity index (χ0n) is 13.5. The zero-order valence-corrected chi connectivity index (χ0v) is 13.5. The summed E-state index contributed by atoms with van der Waals surface area (Å²) in [4.78, 5) is 18.7. The first-order valence-electron chi connectivity index (χ1n) is 7.88. The van der Waals surface area contributed by atoms with Gasteiger partial charge in [0.25, 0.3) is 0 Å². The second-order valence-electron chi connectivity index (χ2n) is 5.97. The van der Waals surface area contributed by atoms with Crippen molar-refractivity contribution in [2.45, 2.75) is 38.8 Å². The number of nitrogens with two attached hydrogens (primary N) is 1. The lowest BCUT2D eigenvalue weighted by Crippen LogP contribution is -2.51. The number of nitrogens with one attached hydrogen (secondary N) is 1. The third kappa shape index (κ3) is 4.42. The molecule has 1 unspecified atom stereocenters. The van der Waals surface area contributed by atoms with E-state index < -0.39 is 5.54 Å². The van der Waals surface area contributed by atoms with Crippen LogP contribution in [-0.2, 0) is 16.1 Å². The Kier molecular flexibility index (Phi) is 5.74. The van der Waals surface area contributed by atoms with E-state index in [0.29, 0.717) is 13.0 Å². The molecule has 1 aromatic rings. The summed E-state index contributed by atoms with van der Waals surface area (Å²) in [7, 11) is 0. The lowest BCUT2D eigenvalue weighted by Gasteiger charge is -2.28. The molecule has 2 heterocycles. The van der Waals surface area contributed by atoms with Gasteiger partial charge in [-0.2, -0.15) is 0 Å². The van der Waals surface area contributed by atoms with Crippen LogP contribution in [0.25, 0.3) is 0 Å². The average molecular weight is 306 g/mol. The summed E-state index contributed by atoms with van der Waals surface area (Å²) in [5.74, 6) is 0.818. The van der Waals surface area contributed by atoms with Gasteiger partial charge in [-0.1, -0.05) is 13.3 Å². The third-order valence-corrected chi connectivity index (χ3v) is 3.89. The number of aromatic nitrogens is 1. The first-order chi connectivity index (χ1) is 10.5. The lowest BCUT2D eigenvalue weighted by molar-refractivity contribution is -0.126. The smallest absolute Gasteiger partial charge is 0.240 e. The van der Waals surface area contributed by atoms with E-state index in [1.807, 2.05) is 19.1 Å². The summed E-state index contributed by atoms with van der Waals surface area (Å²) in [5, 5.41) is 2.92. The molecule has 0 saturated carbocycles.